The van der Waals surface area contributed by atoms with Gasteiger partial charge in [-0.25, -0.2) is 0 Å². The molecule has 1 aromatic carbocycles. The van der Waals surface area contributed by atoms with Gasteiger partial charge in [0.05, 0.1) is 16.9 Å². The molecule has 17 heavy (non-hydrogen) atoms. The minimum atomic E-state index is -4.33. The van der Waals surface area contributed by atoms with Crippen molar-refractivity contribution in [1.29, 1.82) is 0 Å². The number of halogens is 3. The van der Waals surface area contributed by atoms with Gasteiger partial charge >= 0.3 is 6.18 Å². The van der Waals surface area contributed by atoms with Gasteiger partial charge in [-0.1, -0.05) is 13.8 Å². The van der Waals surface area contributed by atoms with Gasteiger partial charge in [0.2, 0.25) is 0 Å². The van der Waals surface area contributed by atoms with E-state index in [0.29, 0.717) is 5.69 Å². The van der Waals surface area contributed by atoms with Crippen LogP contribution in [0.25, 0.3) is 0 Å². The van der Waals surface area contributed by atoms with Crippen molar-refractivity contribution in [2.45, 2.75) is 20.0 Å². The molecule has 2 N–H and O–H groups in total. The number of rotatable bonds is 1. The van der Waals surface area contributed by atoms with Crippen molar-refractivity contribution in [3.63, 3.8) is 0 Å². The highest BCUT2D eigenvalue weighted by atomic mass is 19.4. The number of nitrogens with zero attached hydrogens (tertiary/aromatic N) is 1. The highest BCUT2D eigenvalue weighted by Crippen LogP contribution is 2.39. The molecule has 1 saturated heterocycles. The van der Waals surface area contributed by atoms with Gasteiger partial charge in [-0.3, -0.25) is 0 Å². The van der Waals surface area contributed by atoms with E-state index in [9.17, 15) is 13.2 Å². The topological polar surface area (TPSA) is 29.3 Å². The van der Waals surface area contributed by atoms with Gasteiger partial charge < -0.3 is 10.6 Å². The van der Waals surface area contributed by atoms with Crippen molar-refractivity contribution < 1.29 is 13.2 Å². The molecule has 1 aliphatic heterocycles. The van der Waals surface area contributed by atoms with Crippen LogP contribution in [-0.2, 0) is 6.18 Å². The van der Waals surface area contributed by atoms with Crippen molar-refractivity contribution in [2.24, 2.45) is 5.41 Å². The molecule has 2 nitrogen and oxygen atoms in total. The van der Waals surface area contributed by atoms with Crippen LogP contribution in [0.2, 0.25) is 0 Å². The summed E-state index contributed by atoms with van der Waals surface area (Å²) in [7, 11) is 0. The molecule has 0 amide bonds. The molecule has 94 valence electrons. The zero-order chi connectivity index (χ0) is 12.8. The van der Waals surface area contributed by atoms with Crippen molar-refractivity contribution in [2.75, 3.05) is 23.7 Å². The molecule has 0 aliphatic carbocycles. The second-order valence-corrected chi connectivity index (χ2v) is 5.29. The van der Waals surface area contributed by atoms with Crippen LogP contribution < -0.4 is 10.6 Å². The van der Waals surface area contributed by atoms with Crippen LogP contribution in [0.5, 0.6) is 0 Å². The number of alkyl halides is 3. The fourth-order valence-corrected chi connectivity index (χ4v) is 2.18. The summed E-state index contributed by atoms with van der Waals surface area (Å²) in [6.07, 6.45) is -4.33. The van der Waals surface area contributed by atoms with Crippen LogP contribution in [0.15, 0.2) is 18.2 Å². The Labute approximate surface area is 98.2 Å². The van der Waals surface area contributed by atoms with E-state index in [1.807, 2.05) is 4.90 Å². The Balaban J connectivity index is 2.22. The van der Waals surface area contributed by atoms with Gasteiger partial charge in [0, 0.05) is 13.1 Å². The molecule has 1 aliphatic rings. The maximum Gasteiger partial charge on any atom is 0.416 e. The van der Waals surface area contributed by atoms with Gasteiger partial charge in [0.25, 0.3) is 0 Å². The van der Waals surface area contributed by atoms with Gasteiger partial charge in [0.1, 0.15) is 0 Å². The number of hydrogen-bond acceptors (Lipinski definition) is 2. The molecule has 0 spiro atoms. The first-order valence-corrected chi connectivity index (χ1v) is 5.41. The molecule has 0 saturated carbocycles. The van der Waals surface area contributed by atoms with E-state index < -0.39 is 11.7 Å². The number of anilines is 2. The maximum absolute atomic E-state index is 12.5. The molecule has 0 aromatic heterocycles. The Bertz CT molecular complexity index is 430. The molecular weight excluding hydrogens is 229 g/mol. The fraction of sp³-hybridized carbons (Fsp3) is 0.500. The van der Waals surface area contributed by atoms with Crippen LogP contribution in [-0.4, -0.2) is 13.1 Å². The average Bonchev–Trinajstić information content (AvgIpc) is 2.12. The van der Waals surface area contributed by atoms with Crippen molar-refractivity contribution in [3.8, 4) is 0 Å². The molecule has 0 atom stereocenters. The third-order valence-electron chi connectivity index (χ3n) is 2.93. The predicted octanol–water partition coefficient (Wildman–Crippen LogP) is 3.13. The van der Waals surface area contributed by atoms with Crippen molar-refractivity contribution >= 4 is 11.4 Å². The molecule has 0 bridgehead atoms. The predicted molar refractivity (Wildman–Crippen MR) is 61.9 cm³/mol. The molecule has 1 aromatic rings. The zero-order valence-corrected chi connectivity index (χ0v) is 9.80. The van der Waals surface area contributed by atoms with E-state index >= 15 is 0 Å². The third kappa shape index (κ3) is 2.33. The average molecular weight is 244 g/mol. The molecular formula is C12H15F3N2. The lowest BCUT2D eigenvalue weighted by atomic mass is 9.84. The lowest BCUT2D eigenvalue weighted by Crippen LogP contribution is -2.53. The van der Waals surface area contributed by atoms with Gasteiger partial charge in [-0.15, -0.1) is 0 Å². The quantitative estimate of drug-likeness (QED) is 0.769. The Morgan fingerprint density at radius 2 is 1.82 bits per heavy atom. The van der Waals surface area contributed by atoms with Gasteiger partial charge in [-0.2, -0.15) is 13.2 Å². The summed E-state index contributed by atoms with van der Waals surface area (Å²) in [6, 6.07) is 3.53. The molecule has 2 rings (SSSR count). The highest BCUT2D eigenvalue weighted by Gasteiger charge is 2.36. The van der Waals surface area contributed by atoms with Crippen LogP contribution in [0.3, 0.4) is 0 Å². The first-order chi connectivity index (χ1) is 7.69. The van der Waals surface area contributed by atoms with E-state index in [-0.39, 0.29) is 11.1 Å². The zero-order valence-electron chi connectivity index (χ0n) is 9.80. The summed E-state index contributed by atoms with van der Waals surface area (Å²) >= 11 is 0. The van der Waals surface area contributed by atoms with Crippen molar-refractivity contribution in [3.05, 3.63) is 23.8 Å². The van der Waals surface area contributed by atoms with Gasteiger partial charge in [-0.05, 0) is 23.6 Å². The number of nitrogens with two attached hydrogens (primary N) is 1. The van der Waals surface area contributed by atoms with E-state index in [1.54, 1.807) is 0 Å². The van der Waals surface area contributed by atoms with Crippen LogP contribution in [0.1, 0.15) is 19.4 Å². The number of benzene rings is 1. The second kappa shape index (κ2) is 3.55. The lowest BCUT2D eigenvalue weighted by molar-refractivity contribution is -0.137. The van der Waals surface area contributed by atoms with Crippen molar-refractivity contribution in [1.82, 2.24) is 0 Å². The lowest BCUT2D eigenvalue weighted by Gasteiger charge is -2.47. The molecule has 0 unspecified atom stereocenters. The molecule has 1 fully saturated rings. The first-order valence-electron chi connectivity index (χ1n) is 5.41. The minimum Gasteiger partial charge on any atom is -0.397 e. The SMILES string of the molecule is CC1(C)CN(c2ccc(C(F)(F)F)cc2N)C1. The van der Waals surface area contributed by atoms with E-state index in [2.05, 4.69) is 13.8 Å². The first kappa shape index (κ1) is 12.1. The van der Waals surface area contributed by atoms with E-state index in [4.69, 9.17) is 5.73 Å². The van der Waals surface area contributed by atoms with Gasteiger partial charge in [0.15, 0.2) is 0 Å². The van der Waals surface area contributed by atoms with E-state index in [0.717, 1.165) is 25.2 Å². The van der Waals surface area contributed by atoms with E-state index in [1.165, 1.54) is 6.07 Å². The Morgan fingerprint density at radius 3 is 2.24 bits per heavy atom. The summed E-state index contributed by atoms with van der Waals surface area (Å²) in [5, 5.41) is 0. The summed E-state index contributed by atoms with van der Waals surface area (Å²) in [5.74, 6) is 0. The standard InChI is InChI=1S/C12H15F3N2/c1-11(2)6-17(7-11)10-4-3-8(5-9(10)16)12(13,14)15/h3-5H,6-7,16H2,1-2H3. The number of nitrogen functional groups attached to an aromatic ring is 1. The summed E-state index contributed by atoms with van der Waals surface area (Å²) in [5.41, 5.74) is 6.08. The number of hydrogen-bond donors (Lipinski definition) is 1. The Morgan fingerprint density at radius 1 is 1.24 bits per heavy atom. The Kier molecular flexibility index (Phi) is 2.52. The summed E-state index contributed by atoms with van der Waals surface area (Å²) in [6.45, 7) is 5.87. The minimum absolute atomic E-state index is 0.190. The Hall–Kier alpha value is -1.39. The molecule has 5 heteroatoms. The van der Waals surface area contributed by atoms with Crippen LogP contribution in [0.4, 0.5) is 24.5 Å². The molecule has 1 heterocycles. The highest BCUT2D eigenvalue weighted by molar-refractivity contribution is 5.70. The smallest absolute Gasteiger partial charge is 0.397 e. The second-order valence-electron chi connectivity index (χ2n) is 5.29. The van der Waals surface area contributed by atoms with Crippen LogP contribution in [0, 0.1) is 5.41 Å². The summed E-state index contributed by atoms with van der Waals surface area (Å²) < 4.78 is 37.4. The largest absolute Gasteiger partial charge is 0.416 e. The molecule has 0 radical (unpaired) electrons. The maximum atomic E-state index is 12.5. The monoisotopic (exact) mass is 244 g/mol. The fourth-order valence-electron chi connectivity index (χ4n) is 2.18. The normalized spacial score (nSPS) is 19.0. The van der Waals surface area contributed by atoms with Crippen LogP contribution >= 0.6 is 0 Å². The third-order valence-corrected chi connectivity index (χ3v) is 2.93. The summed E-state index contributed by atoms with van der Waals surface area (Å²) in [4.78, 5) is 2.00.